The summed E-state index contributed by atoms with van der Waals surface area (Å²) in [7, 11) is -1.22. The number of halogens is 3. The number of carboxylic acids is 1. The second-order valence-electron chi connectivity index (χ2n) is 4.77. The van der Waals surface area contributed by atoms with Crippen molar-refractivity contribution in [2.24, 2.45) is 0 Å². The predicted octanol–water partition coefficient (Wildman–Crippen LogP) is 3.59. The number of benzene rings is 2. The molecule has 2 rings (SSSR count). The predicted molar refractivity (Wildman–Crippen MR) is 80.1 cm³/mol. The third-order valence-corrected chi connectivity index (χ3v) is 4.10. The van der Waals surface area contributed by atoms with Crippen LogP contribution in [0.5, 0.6) is 0 Å². The van der Waals surface area contributed by atoms with Gasteiger partial charge in [0.15, 0.2) is 17.5 Å². The Labute approximate surface area is 132 Å². The Bertz CT molecular complexity index is 824. The molecule has 0 spiro atoms. The van der Waals surface area contributed by atoms with Crippen molar-refractivity contribution >= 4 is 28.1 Å². The molecule has 1 unspecified atom stereocenters. The van der Waals surface area contributed by atoms with Crippen LogP contribution in [0, 0.1) is 24.4 Å². The van der Waals surface area contributed by atoms with E-state index >= 15 is 0 Å². The largest absolute Gasteiger partial charge is 0.478 e. The number of aromatic carboxylic acids is 1. The van der Waals surface area contributed by atoms with Gasteiger partial charge in [0.1, 0.15) is 0 Å². The Morgan fingerprint density at radius 2 is 1.83 bits per heavy atom. The van der Waals surface area contributed by atoms with Gasteiger partial charge in [0.05, 0.1) is 11.3 Å². The second-order valence-corrected chi connectivity index (χ2v) is 6.15. The second kappa shape index (κ2) is 6.41. The van der Waals surface area contributed by atoms with Gasteiger partial charge in [-0.15, -0.1) is 0 Å². The first-order valence-electron chi connectivity index (χ1n) is 6.34. The molecule has 8 heteroatoms. The summed E-state index contributed by atoms with van der Waals surface area (Å²) in [6.45, 7) is 1.62. The molecular weight excluding hydrogens is 331 g/mol. The van der Waals surface area contributed by atoms with E-state index in [1.807, 2.05) is 0 Å². The summed E-state index contributed by atoms with van der Waals surface area (Å²) in [6, 6.07) is 4.94. The van der Waals surface area contributed by atoms with E-state index < -0.39 is 45.5 Å². The van der Waals surface area contributed by atoms with Crippen molar-refractivity contribution < 1.29 is 27.3 Å². The first kappa shape index (κ1) is 17.0. The van der Waals surface area contributed by atoms with Gasteiger partial charge in [-0.05, 0) is 36.8 Å². The molecule has 122 valence electrons. The highest BCUT2D eigenvalue weighted by molar-refractivity contribution is 7.84. The van der Waals surface area contributed by atoms with Gasteiger partial charge in [-0.3, -0.25) is 4.21 Å². The third-order valence-electron chi connectivity index (χ3n) is 3.18. The van der Waals surface area contributed by atoms with E-state index in [0.29, 0.717) is 16.5 Å². The monoisotopic (exact) mass is 343 g/mol. The van der Waals surface area contributed by atoms with E-state index in [0.717, 1.165) is 0 Å². The molecule has 0 aromatic heterocycles. The number of hydrogen-bond acceptors (Lipinski definition) is 3. The maximum atomic E-state index is 13.9. The number of nitrogens with one attached hydrogen (secondary N) is 1. The van der Waals surface area contributed by atoms with Gasteiger partial charge in [-0.1, -0.05) is 0 Å². The molecule has 23 heavy (non-hydrogen) atoms. The smallest absolute Gasteiger partial charge is 0.338 e. The average molecular weight is 343 g/mol. The van der Waals surface area contributed by atoms with Crippen molar-refractivity contribution in [1.29, 1.82) is 0 Å². The summed E-state index contributed by atoms with van der Waals surface area (Å²) in [6.07, 6.45) is 1.49. The van der Waals surface area contributed by atoms with Crippen molar-refractivity contribution in [3.8, 4) is 0 Å². The third kappa shape index (κ3) is 3.37. The van der Waals surface area contributed by atoms with Crippen molar-refractivity contribution in [1.82, 2.24) is 0 Å². The summed E-state index contributed by atoms with van der Waals surface area (Å²) in [5.41, 5.74) is -0.585. The highest BCUT2D eigenvalue weighted by atomic mass is 32.2. The van der Waals surface area contributed by atoms with Crippen LogP contribution in [0.1, 0.15) is 15.9 Å². The Kier molecular flexibility index (Phi) is 4.74. The van der Waals surface area contributed by atoms with E-state index in [-0.39, 0.29) is 5.69 Å². The fraction of sp³-hybridized carbons (Fsp3) is 0.133. The lowest BCUT2D eigenvalue weighted by Crippen LogP contribution is -2.09. The molecular formula is C15H12F3NO3S. The van der Waals surface area contributed by atoms with E-state index in [2.05, 4.69) is 5.32 Å². The van der Waals surface area contributed by atoms with E-state index in [1.165, 1.54) is 18.4 Å². The van der Waals surface area contributed by atoms with Crippen LogP contribution in [0.4, 0.5) is 24.5 Å². The molecule has 0 saturated heterocycles. The highest BCUT2D eigenvalue weighted by Gasteiger charge is 2.23. The summed E-state index contributed by atoms with van der Waals surface area (Å²) in [5.74, 6) is -6.57. The summed E-state index contributed by atoms with van der Waals surface area (Å²) >= 11 is 0. The summed E-state index contributed by atoms with van der Waals surface area (Å²) in [5, 5.41) is 11.5. The van der Waals surface area contributed by atoms with Crippen LogP contribution >= 0.6 is 0 Å². The number of rotatable bonds is 4. The number of anilines is 2. The normalized spacial score (nSPS) is 12.0. The van der Waals surface area contributed by atoms with Crippen molar-refractivity contribution in [3.05, 3.63) is 52.8 Å². The summed E-state index contributed by atoms with van der Waals surface area (Å²) in [4.78, 5) is 11.6. The van der Waals surface area contributed by atoms with Crippen LogP contribution in [-0.2, 0) is 10.8 Å². The SMILES string of the molecule is Cc1cc(S(C)=O)ccc1Nc1c(C(=O)O)cc(F)c(F)c1F. The van der Waals surface area contributed by atoms with Gasteiger partial charge in [-0.25, -0.2) is 18.0 Å². The minimum absolute atomic E-state index is 0.284. The van der Waals surface area contributed by atoms with E-state index in [1.54, 1.807) is 13.0 Å². The Morgan fingerprint density at radius 3 is 2.35 bits per heavy atom. The minimum atomic E-state index is -1.76. The molecule has 2 aromatic carbocycles. The van der Waals surface area contributed by atoms with Crippen LogP contribution in [-0.4, -0.2) is 21.5 Å². The van der Waals surface area contributed by atoms with Crippen LogP contribution in [0.3, 0.4) is 0 Å². The molecule has 4 nitrogen and oxygen atoms in total. The molecule has 0 fully saturated rings. The Balaban J connectivity index is 2.54. The molecule has 2 aromatic rings. The summed E-state index contributed by atoms with van der Waals surface area (Å²) < 4.78 is 51.9. The fourth-order valence-corrected chi connectivity index (χ4v) is 2.58. The van der Waals surface area contributed by atoms with E-state index in [4.69, 9.17) is 5.11 Å². The number of aryl methyl sites for hydroxylation is 1. The molecule has 1 atom stereocenters. The zero-order valence-electron chi connectivity index (χ0n) is 12.1. The fourth-order valence-electron chi connectivity index (χ4n) is 1.98. The van der Waals surface area contributed by atoms with Gasteiger partial charge in [0.25, 0.3) is 0 Å². The average Bonchev–Trinajstić information content (AvgIpc) is 2.48. The van der Waals surface area contributed by atoms with Gasteiger partial charge in [0.2, 0.25) is 0 Å². The molecule has 0 radical (unpaired) electrons. The first-order valence-corrected chi connectivity index (χ1v) is 7.90. The first-order chi connectivity index (χ1) is 10.7. The molecule has 2 N–H and O–H groups in total. The van der Waals surface area contributed by atoms with Crippen LogP contribution in [0.25, 0.3) is 0 Å². The van der Waals surface area contributed by atoms with Gasteiger partial charge < -0.3 is 10.4 Å². The molecule has 0 heterocycles. The number of hydrogen-bond donors (Lipinski definition) is 2. The number of carbonyl (C=O) groups is 1. The standard InChI is InChI=1S/C15H12F3NO3S/c1-7-5-8(23(2)22)3-4-11(7)19-14-9(15(20)21)6-10(16)12(17)13(14)18/h3-6,19H,1-2H3,(H,20,21). The molecule has 0 amide bonds. The Hall–Kier alpha value is -2.35. The lowest BCUT2D eigenvalue weighted by atomic mass is 10.1. The van der Waals surface area contributed by atoms with E-state index in [9.17, 15) is 22.2 Å². The van der Waals surface area contributed by atoms with Crippen LogP contribution in [0.15, 0.2) is 29.2 Å². The number of carboxylic acid groups (broad SMARTS) is 1. The lowest BCUT2D eigenvalue weighted by molar-refractivity contribution is 0.0696. The van der Waals surface area contributed by atoms with Crippen LogP contribution < -0.4 is 5.32 Å². The zero-order chi connectivity index (χ0) is 17.3. The topological polar surface area (TPSA) is 66.4 Å². The Morgan fingerprint density at radius 1 is 1.17 bits per heavy atom. The van der Waals surface area contributed by atoms with Crippen LogP contribution in [0.2, 0.25) is 0 Å². The van der Waals surface area contributed by atoms with Gasteiger partial charge in [-0.2, -0.15) is 0 Å². The lowest BCUT2D eigenvalue weighted by Gasteiger charge is -2.14. The van der Waals surface area contributed by atoms with Crippen molar-refractivity contribution in [3.63, 3.8) is 0 Å². The minimum Gasteiger partial charge on any atom is -0.478 e. The maximum Gasteiger partial charge on any atom is 0.338 e. The molecule has 0 aliphatic rings. The molecule has 0 aliphatic carbocycles. The van der Waals surface area contributed by atoms with Gasteiger partial charge in [0, 0.05) is 27.6 Å². The quantitative estimate of drug-likeness (QED) is 0.833. The van der Waals surface area contributed by atoms with Crippen molar-refractivity contribution in [2.75, 3.05) is 11.6 Å². The molecule has 0 saturated carbocycles. The molecule has 0 aliphatic heterocycles. The van der Waals surface area contributed by atoms with Gasteiger partial charge >= 0.3 is 5.97 Å². The van der Waals surface area contributed by atoms with Crippen molar-refractivity contribution in [2.45, 2.75) is 11.8 Å². The zero-order valence-corrected chi connectivity index (χ0v) is 12.9. The highest BCUT2D eigenvalue weighted by Crippen LogP contribution is 2.30. The maximum absolute atomic E-state index is 13.9. The molecule has 0 bridgehead atoms.